The Hall–Kier alpha value is 0.126. The molecule has 0 amide bonds. The van der Waals surface area contributed by atoms with Crippen LogP contribution in [0.5, 0.6) is 0 Å². The third kappa shape index (κ3) is 2.92. The van der Waals surface area contributed by atoms with Crippen molar-refractivity contribution in [1.82, 2.24) is 0 Å². The van der Waals surface area contributed by atoms with Crippen molar-refractivity contribution in [2.24, 2.45) is 0 Å². The average Bonchev–Trinajstić information content (AvgIpc) is 1.88. The first-order valence-corrected chi connectivity index (χ1v) is 2.76. The molecule has 0 atom stereocenters. The summed E-state index contributed by atoms with van der Waals surface area (Å²) in [6.07, 6.45) is 0. The van der Waals surface area contributed by atoms with Gasteiger partial charge >= 0.3 is 57.4 Å². The number of aromatic carboxylic acids is 1. The number of hydrogen-bond donors (Lipinski definition) is 1. The maximum absolute atomic E-state index is 10.3. The Morgan fingerprint density at radius 1 is 1.36 bits per heavy atom. The molecular weight excluding hydrogens is 169 g/mol. The Bertz CT molecular complexity index is 262. The monoisotopic (exact) mass is 175 g/mol. The second-order valence-electron chi connectivity index (χ2n) is 1.85. The summed E-state index contributed by atoms with van der Waals surface area (Å²) < 4.78 is 0. The minimum absolute atomic E-state index is 0. The zero-order chi connectivity index (χ0) is 7.56. The van der Waals surface area contributed by atoms with Crippen LogP contribution in [-0.4, -0.2) is 11.1 Å². The molecule has 0 radical (unpaired) electrons. The fourth-order valence-electron chi connectivity index (χ4n) is 0.670. The minimum atomic E-state index is -1.05. The van der Waals surface area contributed by atoms with Crippen molar-refractivity contribution in [3.05, 3.63) is 35.6 Å². The van der Waals surface area contributed by atoms with Gasteiger partial charge < -0.3 is 10.8 Å². The molecule has 1 aromatic carbocycles. The van der Waals surface area contributed by atoms with Crippen LogP contribution >= 0.6 is 0 Å². The Morgan fingerprint density at radius 2 is 1.91 bits per heavy atom. The number of carbonyl (C=O) groups is 1. The summed E-state index contributed by atoms with van der Waals surface area (Å²) in [6.45, 7) is 0. The zero-order valence-electron chi connectivity index (χ0n) is 6.16. The maximum Gasteiger partial charge on any atom is 1.00 e. The van der Waals surface area contributed by atoms with Crippen LogP contribution in [0.4, 0.5) is 5.69 Å². The van der Waals surface area contributed by atoms with Gasteiger partial charge in [0.15, 0.2) is 0 Å². The van der Waals surface area contributed by atoms with Crippen LogP contribution in [-0.2, 0) is 0 Å². The zero-order valence-corrected chi connectivity index (χ0v) is 9.29. The van der Waals surface area contributed by atoms with Crippen LogP contribution in [0.25, 0.3) is 5.73 Å². The molecular formula is C7H6KNO2. The molecule has 0 fully saturated rings. The smallest absolute Gasteiger partial charge is 0.698 e. The number of hydrogen-bond acceptors (Lipinski definition) is 1. The first kappa shape index (κ1) is 11.1. The van der Waals surface area contributed by atoms with E-state index in [1.165, 1.54) is 12.1 Å². The number of carboxylic acids is 1. The number of carboxylic acid groups (broad SMARTS) is 1. The van der Waals surface area contributed by atoms with Gasteiger partial charge in [-0.25, -0.2) is 4.79 Å². The Morgan fingerprint density at radius 3 is 2.27 bits per heavy atom. The van der Waals surface area contributed by atoms with E-state index in [-0.39, 0.29) is 62.6 Å². The minimum Gasteiger partial charge on any atom is -0.698 e. The summed E-state index contributed by atoms with van der Waals surface area (Å²) in [6, 6.07) is 6.09. The van der Waals surface area contributed by atoms with Crippen LogP contribution in [0, 0.1) is 0 Å². The van der Waals surface area contributed by atoms with E-state index < -0.39 is 5.97 Å². The Kier molecular flexibility index (Phi) is 4.95. The Balaban J connectivity index is 0.000001000. The van der Waals surface area contributed by atoms with Crippen molar-refractivity contribution in [2.75, 3.05) is 0 Å². The predicted octanol–water partition coefficient (Wildman–Crippen LogP) is -0.928. The molecule has 0 unspecified atom stereocenters. The molecule has 4 heteroatoms. The maximum atomic E-state index is 10.3. The summed E-state index contributed by atoms with van der Waals surface area (Å²) in [5.41, 5.74) is 7.22. The third-order valence-electron chi connectivity index (χ3n) is 1.16. The van der Waals surface area contributed by atoms with Crippen LogP contribution in [0.2, 0.25) is 0 Å². The van der Waals surface area contributed by atoms with Gasteiger partial charge in [-0.15, -0.1) is 5.69 Å². The standard InChI is InChI=1S/C7H6NO2.K/c8-6-4-2-1-3-5(6)7(9)10;/h1-4,8H,(H,9,10);/q-1;+1. The SMILES string of the molecule is [K+].[NH-]c1ccccc1C(=O)O. The molecule has 1 aromatic rings. The van der Waals surface area contributed by atoms with Gasteiger partial charge in [-0.3, -0.25) is 0 Å². The molecule has 0 bridgehead atoms. The van der Waals surface area contributed by atoms with Crippen molar-refractivity contribution in [2.45, 2.75) is 0 Å². The summed E-state index contributed by atoms with van der Waals surface area (Å²) in [7, 11) is 0. The number of nitrogens with one attached hydrogen (secondary N) is 1. The molecule has 0 aromatic heterocycles. The first-order valence-electron chi connectivity index (χ1n) is 2.76. The van der Waals surface area contributed by atoms with Crippen LogP contribution in [0.3, 0.4) is 0 Å². The molecule has 3 nitrogen and oxygen atoms in total. The van der Waals surface area contributed by atoms with Gasteiger partial charge in [0, 0.05) is 5.56 Å². The molecule has 0 saturated heterocycles. The van der Waals surface area contributed by atoms with Gasteiger partial charge in [0.2, 0.25) is 0 Å². The van der Waals surface area contributed by atoms with Gasteiger partial charge in [-0.1, -0.05) is 18.2 Å². The molecule has 0 heterocycles. The van der Waals surface area contributed by atoms with E-state index in [9.17, 15) is 4.79 Å². The fourth-order valence-corrected chi connectivity index (χ4v) is 0.670. The second kappa shape index (κ2) is 4.90. The van der Waals surface area contributed by atoms with E-state index >= 15 is 0 Å². The van der Waals surface area contributed by atoms with E-state index in [1.807, 2.05) is 0 Å². The molecule has 0 aliphatic carbocycles. The quantitative estimate of drug-likeness (QED) is 0.561. The second-order valence-corrected chi connectivity index (χ2v) is 1.85. The normalized spacial score (nSPS) is 8.36. The van der Waals surface area contributed by atoms with Gasteiger partial charge in [0.1, 0.15) is 0 Å². The molecule has 0 saturated carbocycles. The predicted molar refractivity (Wildman–Crippen MR) is 37.4 cm³/mol. The molecule has 0 spiro atoms. The van der Waals surface area contributed by atoms with Crippen molar-refractivity contribution >= 4 is 11.7 Å². The fraction of sp³-hybridized carbons (Fsp3) is 0. The van der Waals surface area contributed by atoms with E-state index in [1.54, 1.807) is 12.1 Å². The van der Waals surface area contributed by atoms with Gasteiger partial charge in [0.25, 0.3) is 0 Å². The van der Waals surface area contributed by atoms with Crippen LogP contribution in [0.15, 0.2) is 24.3 Å². The third-order valence-corrected chi connectivity index (χ3v) is 1.16. The Labute approximate surface area is 107 Å². The van der Waals surface area contributed by atoms with E-state index in [2.05, 4.69) is 0 Å². The largest absolute Gasteiger partial charge is 1.00 e. The van der Waals surface area contributed by atoms with Crippen molar-refractivity contribution in [1.29, 1.82) is 0 Å². The molecule has 2 N–H and O–H groups in total. The van der Waals surface area contributed by atoms with Crippen molar-refractivity contribution < 1.29 is 61.3 Å². The molecule has 0 aliphatic heterocycles. The van der Waals surface area contributed by atoms with Crippen LogP contribution < -0.4 is 51.4 Å². The molecule has 52 valence electrons. The van der Waals surface area contributed by atoms with Crippen LogP contribution in [0.1, 0.15) is 10.4 Å². The van der Waals surface area contributed by atoms with E-state index in [0.717, 1.165) is 0 Å². The summed E-state index contributed by atoms with van der Waals surface area (Å²) in [4.78, 5) is 10.3. The topological polar surface area (TPSA) is 61.1 Å². The summed E-state index contributed by atoms with van der Waals surface area (Å²) in [5.74, 6) is -1.05. The van der Waals surface area contributed by atoms with Crippen molar-refractivity contribution in [3.8, 4) is 0 Å². The molecule has 1 rings (SSSR count). The first-order chi connectivity index (χ1) is 4.72. The molecule has 0 aliphatic rings. The van der Waals surface area contributed by atoms with E-state index in [0.29, 0.717) is 0 Å². The molecule has 11 heavy (non-hydrogen) atoms. The van der Waals surface area contributed by atoms with Gasteiger partial charge in [-0.05, 0) is 6.07 Å². The average molecular weight is 175 g/mol. The number of benzene rings is 1. The summed E-state index contributed by atoms with van der Waals surface area (Å²) >= 11 is 0. The van der Waals surface area contributed by atoms with Gasteiger partial charge in [0.05, 0.1) is 0 Å². The number of rotatable bonds is 1. The van der Waals surface area contributed by atoms with E-state index in [4.69, 9.17) is 10.8 Å². The summed E-state index contributed by atoms with van der Waals surface area (Å²) in [5, 5.41) is 8.45. The van der Waals surface area contributed by atoms with Gasteiger partial charge in [-0.2, -0.15) is 0 Å². The van der Waals surface area contributed by atoms with Crippen molar-refractivity contribution in [3.63, 3.8) is 0 Å².